The predicted molar refractivity (Wildman–Crippen MR) is 183 cm³/mol. The highest BCUT2D eigenvalue weighted by Crippen LogP contribution is 2.40. The molecule has 0 radical (unpaired) electrons. The van der Waals surface area contributed by atoms with Crippen molar-refractivity contribution in [2.75, 3.05) is 13.7 Å². The Morgan fingerprint density at radius 2 is 1.53 bits per heavy atom. The van der Waals surface area contributed by atoms with E-state index >= 15 is 8.63 Å². The number of nitrogens with zero attached hydrogens (tertiary/aromatic N) is 2. The number of fused-ring (bicyclic) bond motifs is 3. The molecule has 4 heterocycles. The second-order valence-electron chi connectivity index (χ2n) is 12.5. The number of unbranched alkanes of at least 4 members (excludes halogenated alkanes) is 4. The summed E-state index contributed by atoms with van der Waals surface area (Å²) in [5, 5.41) is 4.95. The summed E-state index contributed by atoms with van der Waals surface area (Å²) in [6, 6.07) is 15.0. The van der Waals surface area contributed by atoms with Crippen LogP contribution in [0.2, 0.25) is 0 Å². The zero-order valence-electron chi connectivity index (χ0n) is 27.2. The fraction of sp³-hybridized carbons (Fsp3) is 0.361. The van der Waals surface area contributed by atoms with Crippen LogP contribution in [0.3, 0.4) is 0 Å². The van der Waals surface area contributed by atoms with Crippen LogP contribution in [0.4, 0.5) is 8.63 Å². The first-order valence-corrected chi connectivity index (χ1v) is 16.6. The van der Waals surface area contributed by atoms with Gasteiger partial charge in [0.2, 0.25) is 5.70 Å². The minimum absolute atomic E-state index is 0.118. The largest absolute Gasteiger partial charge is 0.738 e. The molecule has 1 atom stereocenters. The average molecular weight is 643 g/mol. The van der Waals surface area contributed by atoms with Crippen LogP contribution in [-0.4, -0.2) is 45.6 Å². The van der Waals surface area contributed by atoms with Gasteiger partial charge in [0, 0.05) is 23.0 Å². The predicted octanol–water partition coefficient (Wildman–Crippen LogP) is 7.46. The van der Waals surface area contributed by atoms with Crippen molar-refractivity contribution in [3.8, 4) is 17.0 Å². The van der Waals surface area contributed by atoms with Crippen LogP contribution in [0.15, 0.2) is 81.7 Å². The van der Waals surface area contributed by atoms with Crippen LogP contribution in [0, 0.1) is 5.92 Å². The molecule has 0 aliphatic carbocycles. The summed E-state index contributed by atoms with van der Waals surface area (Å²) in [5.74, 6) is 1.32. The average Bonchev–Trinajstić information content (AvgIpc) is 3.69. The first-order chi connectivity index (χ1) is 22.8. The van der Waals surface area contributed by atoms with Crippen LogP contribution in [-0.2, 0) is 4.74 Å². The van der Waals surface area contributed by atoms with Gasteiger partial charge >= 0.3 is 6.97 Å². The first kappa shape index (κ1) is 32.3. The SMILES string of the molecule is CCCCCCC(CCCC)COC1=CC(c2ccc3c(=O)[nH][nH]c(=O)c3c2)=[N+]2C1=Cc1ccc(-c3ccc(OC)cc3)n1[B-]2(F)F. The number of nitrogens with one attached hydrogen (secondary N) is 2. The standard InChI is InChI=1S/C36H41BF2N4O4/c1-4-6-8-9-11-24(10-7-5-2)23-47-34-22-32(26-14-18-29-30(20-26)36(45)41-40-35(29)44)43-33(34)21-27-15-19-31(42(27)37(43,38)39)25-12-16-28(46-3)17-13-25/h12-22,24H,4-11,23H2,1-3H3,(H,40,44)(H,41,45). The molecule has 2 aromatic carbocycles. The van der Waals surface area contributed by atoms with Gasteiger partial charge in [-0.3, -0.25) is 19.8 Å². The molecule has 8 nitrogen and oxygen atoms in total. The van der Waals surface area contributed by atoms with Gasteiger partial charge in [0.05, 0.1) is 30.6 Å². The highest BCUT2D eigenvalue weighted by Gasteiger charge is 2.55. The van der Waals surface area contributed by atoms with E-state index in [0.717, 1.165) is 41.1 Å². The van der Waals surface area contributed by atoms with Gasteiger partial charge in [0.15, 0.2) is 11.5 Å². The minimum atomic E-state index is -4.43. The lowest BCUT2D eigenvalue weighted by molar-refractivity contribution is -0.365. The molecule has 0 fully saturated rings. The molecule has 246 valence electrons. The van der Waals surface area contributed by atoms with Gasteiger partial charge in [-0.2, -0.15) is 0 Å². The van der Waals surface area contributed by atoms with Gasteiger partial charge < -0.3 is 27.1 Å². The molecule has 47 heavy (non-hydrogen) atoms. The Bertz CT molecular complexity index is 1990. The van der Waals surface area contributed by atoms with E-state index < -0.39 is 18.1 Å². The van der Waals surface area contributed by atoms with Crippen molar-refractivity contribution in [2.45, 2.75) is 65.2 Å². The molecule has 2 aromatic heterocycles. The van der Waals surface area contributed by atoms with Gasteiger partial charge in [0.1, 0.15) is 5.75 Å². The summed E-state index contributed by atoms with van der Waals surface area (Å²) in [6.45, 7) is 0.367. The minimum Gasteiger partial charge on any atom is -0.497 e. The zero-order valence-corrected chi connectivity index (χ0v) is 27.2. The van der Waals surface area contributed by atoms with Gasteiger partial charge in [0.25, 0.3) is 11.1 Å². The van der Waals surface area contributed by atoms with Crippen molar-refractivity contribution in [1.82, 2.24) is 14.7 Å². The van der Waals surface area contributed by atoms with Gasteiger partial charge in [-0.25, -0.2) is 0 Å². The summed E-state index contributed by atoms with van der Waals surface area (Å²) < 4.78 is 48.1. The summed E-state index contributed by atoms with van der Waals surface area (Å²) in [7, 11) is 1.56. The van der Waals surface area contributed by atoms with E-state index in [2.05, 4.69) is 24.0 Å². The van der Waals surface area contributed by atoms with Gasteiger partial charge in [-0.1, -0.05) is 52.4 Å². The number of methoxy groups -OCH3 is 1. The number of aromatic nitrogens is 3. The van der Waals surface area contributed by atoms with Crippen LogP contribution in [0.5, 0.6) is 5.75 Å². The molecule has 2 aliphatic heterocycles. The van der Waals surface area contributed by atoms with Crippen molar-refractivity contribution in [3.05, 3.63) is 104 Å². The number of allylic oxidation sites excluding steroid dienone is 1. The molecule has 6 rings (SSSR count). The quantitative estimate of drug-likeness (QED) is 0.110. The van der Waals surface area contributed by atoms with E-state index in [1.807, 2.05) is 0 Å². The van der Waals surface area contributed by atoms with Crippen LogP contribution in [0.1, 0.15) is 76.5 Å². The number of hydrogen-bond donors (Lipinski definition) is 2. The van der Waals surface area contributed by atoms with E-state index in [-0.39, 0.29) is 22.2 Å². The monoisotopic (exact) mass is 642 g/mol. The number of halogens is 2. The van der Waals surface area contributed by atoms with E-state index in [1.54, 1.807) is 61.7 Å². The Labute approximate surface area is 272 Å². The zero-order chi connectivity index (χ0) is 33.1. The van der Waals surface area contributed by atoms with Crippen molar-refractivity contribution in [3.63, 3.8) is 0 Å². The Kier molecular flexibility index (Phi) is 9.34. The second kappa shape index (κ2) is 13.6. The van der Waals surface area contributed by atoms with Crippen LogP contribution in [0.25, 0.3) is 28.1 Å². The number of hydrogen-bond acceptors (Lipinski definition) is 4. The summed E-state index contributed by atoms with van der Waals surface area (Å²) in [4.78, 5) is 25.1. The lowest BCUT2D eigenvalue weighted by atomic mass is 9.89. The molecule has 4 aromatic rings. The number of H-pyrrole nitrogens is 2. The van der Waals surface area contributed by atoms with E-state index in [0.29, 0.717) is 46.5 Å². The van der Waals surface area contributed by atoms with Crippen LogP contribution >= 0.6 is 0 Å². The Morgan fingerprint density at radius 1 is 0.830 bits per heavy atom. The molecule has 0 amide bonds. The van der Waals surface area contributed by atoms with Crippen molar-refractivity contribution < 1.29 is 22.6 Å². The maximum atomic E-state index is 17.1. The molecule has 2 aliphatic rings. The van der Waals surface area contributed by atoms with Gasteiger partial charge in [-0.05, 0) is 78.9 Å². The lowest BCUT2D eigenvalue weighted by Crippen LogP contribution is -2.50. The number of aromatic amines is 2. The molecule has 11 heteroatoms. The Hall–Kier alpha value is -4.67. The molecule has 1 unspecified atom stereocenters. The van der Waals surface area contributed by atoms with Crippen molar-refractivity contribution in [2.24, 2.45) is 5.92 Å². The second-order valence-corrected chi connectivity index (χ2v) is 12.5. The maximum Gasteiger partial charge on any atom is 0.738 e. The van der Waals surface area contributed by atoms with Crippen molar-refractivity contribution in [1.29, 1.82) is 0 Å². The van der Waals surface area contributed by atoms with Crippen LogP contribution < -0.4 is 15.9 Å². The third-order valence-corrected chi connectivity index (χ3v) is 9.28. The molecule has 0 bridgehead atoms. The Balaban J connectivity index is 1.44. The normalized spacial score (nSPS) is 15.7. The highest BCUT2D eigenvalue weighted by molar-refractivity contribution is 6.59. The summed E-state index contributed by atoms with van der Waals surface area (Å²) >= 11 is 0. The third kappa shape index (κ3) is 6.23. The van der Waals surface area contributed by atoms with E-state index in [9.17, 15) is 9.59 Å². The fourth-order valence-corrected chi connectivity index (χ4v) is 6.72. The topological polar surface area (TPSA) is 92.1 Å². The number of ether oxygens (including phenoxy) is 2. The molecule has 0 spiro atoms. The smallest absolute Gasteiger partial charge is 0.497 e. The third-order valence-electron chi connectivity index (χ3n) is 9.28. The molecule has 2 N–H and O–H groups in total. The number of benzene rings is 2. The lowest BCUT2D eigenvalue weighted by Gasteiger charge is -2.31. The maximum absolute atomic E-state index is 17.1. The van der Waals surface area contributed by atoms with E-state index in [4.69, 9.17) is 9.47 Å². The summed E-state index contributed by atoms with van der Waals surface area (Å²) in [6.07, 6.45) is 12.3. The van der Waals surface area contributed by atoms with E-state index in [1.165, 1.54) is 31.4 Å². The molecule has 0 saturated heterocycles. The Morgan fingerprint density at radius 3 is 2.26 bits per heavy atom. The van der Waals surface area contributed by atoms with Crippen molar-refractivity contribution >= 4 is 29.5 Å². The molecular weight excluding hydrogens is 601 g/mol. The molecule has 0 saturated carbocycles. The molecular formula is C36H41BF2N4O4. The summed E-state index contributed by atoms with van der Waals surface area (Å²) in [5.41, 5.74) is 1.23. The highest BCUT2D eigenvalue weighted by atomic mass is 19.2. The number of rotatable bonds is 14. The fourth-order valence-electron chi connectivity index (χ4n) is 6.72. The van der Waals surface area contributed by atoms with Gasteiger partial charge in [-0.15, -0.1) is 0 Å². The first-order valence-electron chi connectivity index (χ1n) is 16.6.